The number of aryl methyl sites for hydroxylation is 1. The van der Waals surface area contributed by atoms with Gasteiger partial charge in [0.1, 0.15) is 12.2 Å². The lowest BCUT2D eigenvalue weighted by Gasteiger charge is -2.11. The molecule has 2 heterocycles. The Balaban J connectivity index is 2.13. The number of alkyl halides is 1. The van der Waals surface area contributed by atoms with E-state index in [9.17, 15) is 18.4 Å². The van der Waals surface area contributed by atoms with Gasteiger partial charge in [-0.2, -0.15) is 0 Å². The lowest BCUT2D eigenvalue weighted by molar-refractivity contribution is -0.115. The molecule has 0 saturated carbocycles. The van der Waals surface area contributed by atoms with Crippen molar-refractivity contribution in [1.82, 2.24) is 9.88 Å². The number of carbonyl (C=O) groups is 1. The molecule has 1 aliphatic rings. The first kappa shape index (κ1) is 14.9. The molecule has 0 aromatic carbocycles. The maximum Gasteiger partial charge on any atom is 0.286 e. The predicted octanol–water partition coefficient (Wildman–Crippen LogP) is -0.157. The zero-order valence-corrected chi connectivity index (χ0v) is 11.3. The molecule has 9 heteroatoms. The van der Waals surface area contributed by atoms with Gasteiger partial charge in [-0.3, -0.25) is 14.9 Å². The third-order valence-corrected chi connectivity index (χ3v) is 3.91. The highest BCUT2D eigenvalue weighted by molar-refractivity contribution is 8.01. The normalized spacial score (nSPS) is 21.9. The van der Waals surface area contributed by atoms with E-state index >= 15 is 0 Å². The number of nitrogens with zero attached hydrogens (tertiary/aromatic N) is 1. The van der Waals surface area contributed by atoms with Crippen LogP contribution in [0.15, 0.2) is 17.1 Å². The van der Waals surface area contributed by atoms with E-state index in [0.29, 0.717) is 6.54 Å². The highest BCUT2D eigenvalue weighted by Gasteiger charge is 2.28. The molecular formula is C11H14F2N4O2S. The number of carbonyl (C=O) groups excluding carboxylic acids is 1. The van der Waals surface area contributed by atoms with Crippen LogP contribution in [0.1, 0.15) is 0 Å². The number of halogens is 2. The summed E-state index contributed by atoms with van der Waals surface area (Å²) in [5.74, 6) is -1.38. The standard InChI is InChI=1S/C11H14F2N4O2S/c12-1-2-17-5-6(3-7(13)10(17)19)16-9(18)8-4-15-11(14)20-8/h3,5,8,11,15H,1-2,4,14H2,(H,16,18). The quantitative estimate of drug-likeness (QED) is 0.719. The number of hydrogen-bond acceptors (Lipinski definition) is 5. The molecule has 6 nitrogen and oxygen atoms in total. The van der Waals surface area contributed by atoms with E-state index < -0.39 is 23.3 Å². The van der Waals surface area contributed by atoms with Gasteiger partial charge in [0.25, 0.3) is 5.56 Å². The van der Waals surface area contributed by atoms with Crippen molar-refractivity contribution in [3.05, 3.63) is 28.4 Å². The predicted molar refractivity (Wildman–Crippen MR) is 72.6 cm³/mol. The van der Waals surface area contributed by atoms with Gasteiger partial charge < -0.3 is 15.6 Å². The number of anilines is 1. The Hall–Kier alpha value is -1.45. The number of aromatic nitrogens is 1. The first-order chi connectivity index (χ1) is 9.51. The van der Waals surface area contributed by atoms with Gasteiger partial charge in [0.2, 0.25) is 5.91 Å². The van der Waals surface area contributed by atoms with Crippen LogP contribution in [0.25, 0.3) is 0 Å². The minimum atomic E-state index is -1.04. The Labute approximate surface area is 117 Å². The zero-order valence-electron chi connectivity index (χ0n) is 10.4. The minimum absolute atomic E-state index is 0.113. The van der Waals surface area contributed by atoms with E-state index in [1.165, 1.54) is 18.0 Å². The van der Waals surface area contributed by atoms with Gasteiger partial charge in [0.15, 0.2) is 5.82 Å². The molecule has 0 aliphatic carbocycles. The zero-order chi connectivity index (χ0) is 14.7. The van der Waals surface area contributed by atoms with Crippen LogP contribution >= 0.6 is 11.8 Å². The fraction of sp³-hybridized carbons (Fsp3) is 0.455. The SMILES string of the molecule is NC1NCC(C(=O)Nc2cc(F)c(=O)n(CCF)c2)S1. The smallest absolute Gasteiger partial charge is 0.286 e. The van der Waals surface area contributed by atoms with Crippen LogP contribution < -0.4 is 21.9 Å². The summed E-state index contributed by atoms with van der Waals surface area (Å²) in [6, 6.07) is 0.919. The number of amides is 1. The summed E-state index contributed by atoms with van der Waals surface area (Å²) in [5, 5.41) is 4.99. The Morgan fingerprint density at radius 3 is 3.00 bits per heavy atom. The average Bonchev–Trinajstić information content (AvgIpc) is 2.82. The summed E-state index contributed by atoms with van der Waals surface area (Å²) in [4.78, 5) is 23.3. The number of pyridine rings is 1. The molecule has 110 valence electrons. The number of nitrogens with one attached hydrogen (secondary N) is 2. The van der Waals surface area contributed by atoms with E-state index in [1.54, 1.807) is 0 Å². The molecule has 0 spiro atoms. The number of nitrogens with two attached hydrogens (primary N) is 1. The Bertz CT molecular complexity index is 566. The van der Waals surface area contributed by atoms with Gasteiger partial charge in [-0.15, -0.1) is 11.8 Å². The molecule has 1 aromatic heterocycles. The largest absolute Gasteiger partial charge is 0.324 e. The van der Waals surface area contributed by atoms with Crippen molar-refractivity contribution < 1.29 is 13.6 Å². The Kier molecular flexibility index (Phi) is 4.73. The molecule has 20 heavy (non-hydrogen) atoms. The molecular weight excluding hydrogens is 290 g/mol. The van der Waals surface area contributed by atoms with Crippen LogP contribution in [0.5, 0.6) is 0 Å². The fourth-order valence-electron chi connectivity index (χ4n) is 1.80. The highest BCUT2D eigenvalue weighted by atomic mass is 32.2. The van der Waals surface area contributed by atoms with E-state index in [4.69, 9.17) is 5.73 Å². The molecule has 2 rings (SSSR count). The van der Waals surface area contributed by atoms with Crippen LogP contribution in [0.2, 0.25) is 0 Å². The molecule has 4 N–H and O–H groups in total. The number of rotatable bonds is 4. The van der Waals surface area contributed by atoms with Crippen molar-refractivity contribution in [2.75, 3.05) is 18.5 Å². The molecule has 2 unspecified atom stereocenters. The van der Waals surface area contributed by atoms with Crippen molar-refractivity contribution in [2.45, 2.75) is 17.3 Å². The van der Waals surface area contributed by atoms with Crippen molar-refractivity contribution in [2.24, 2.45) is 5.73 Å². The molecule has 1 amide bonds. The van der Waals surface area contributed by atoms with Crippen LogP contribution in [-0.2, 0) is 11.3 Å². The molecule has 0 bridgehead atoms. The second-order valence-electron chi connectivity index (χ2n) is 4.21. The third-order valence-electron chi connectivity index (χ3n) is 2.74. The van der Waals surface area contributed by atoms with Crippen molar-refractivity contribution in [3.63, 3.8) is 0 Å². The topological polar surface area (TPSA) is 89.2 Å². The number of hydrogen-bond donors (Lipinski definition) is 3. The van der Waals surface area contributed by atoms with E-state index in [0.717, 1.165) is 10.6 Å². The highest BCUT2D eigenvalue weighted by Crippen LogP contribution is 2.20. The lowest BCUT2D eigenvalue weighted by atomic mass is 10.3. The van der Waals surface area contributed by atoms with Crippen molar-refractivity contribution >= 4 is 23.4 Å². The maximum absolute atomic E-state index is 13.4. The van der Waals surface area contributed by atoms with E-state index in [-0.39, 0.29) is 23.6 Å². The van der Waals surface area contributed by atoms with E-state index in [1.807, 2.05) is 0 Å². The van der Waals surface area contributed by atoms with Gasteiger partial charge in [0.05, 0.1) is 17.5 Å². The van der Waals surface area contributed by atoms with Gasteiger partial charge in [-0.25, -0.2) is 8.78 Å². The first-order valence-electron chi connectivity index (χ1n) is 5.92. The van der Waals surface area contributed by atoms with Gasteiger partial charge in [0, 0.05) is 18.8 Å². The first-order valence-corrected chi connectivity index (χ1v) is 6.87. The molecule has 1 aromatic rings. The van der Waals surface area contributed by atoms with Crippen molar-refractivity contribution in [1.29, 1.82) is 0 Å². The van der Waals surface area contributed by atoms with Crippen LogP contribution in [0.4, 0.5) is 14.5 Å². The molecule has 1 aliphatic heterocycles. The fourth-order valence-corrected chi connectivity index (χ4v) is 2.72. The van der Waals surface area contributed by atoms with Gasteiger partial charge >= 0.3 is 0 Å². The average molecular weight is 304 g/mol. The number of thioether (sulfide) groups is 1. The summed E-state index contributed by atoms with van der Waals surface area (Å²) >= 11 is 1.25. The van der Waals surface area contributed by atoms with Crippen LogP contribution in [-0.4, -0.2) is 34.4 Å². The summed E-state index contributed by atoms with van der Waals surface area (Å²) in [6.45, 7) is -0.650. The monoisotopic (exact) mass is 304 g/mol. The summed E-state index contributed by atoms with van der Waals surface area (Å²) < 4.78 is 26.6. The second-order valence-corrected chi connectivity index (χ2v) is 5.56. The van der Waals surface area contributed by atoms with E-state index in [2.05, 4.69) is 10.6 Å². The molecule has 1 fully saturated rings. The maximum atomic E-state index is 13.4. The van der Waals surface area contributed by atoms with Crippen LogP contribution in [0, 0.1) is 5.82 Å². The Morgan fingerprint density at radius 1 is 1.65 bits per heavy atom. The molecule has 2 atom stereocenters. The lowest BCUT2D eigenvalue weighted by Crippen LogP contribution is -2.31. The van der Waals surface area contributed by atoms with Gasteiger partial charge in [-0.05, 0) is 0 Å². The molecule has 0 radical (unpaired) electrons. The Morgan fingerprint density at radius 2 is 2.40 bits per heavy atom. The molecule has 1 saturated heterocycles. The summed E-state index contributed by atoms with van der Waals surface area (Å²) in [5.41, 5.74) is 4.47. The van der Waals surface area contributed by atoms with Gasteiger partial charge in [-0.1, -0.05) is 0 Å². The minimum Gasteiger partial charge on any atom is -0.324 e. The summed E-state index contributed by atoms with van der Waals surface area (Å²) in [6.07, 6.45) is 1.22. The van der Waals surface area contributed by atoms with Crippen LogP contribution in [0.3, 0.4) is 0 Å². The second kappa shape index (κ2) is 6.33. The van der Waals surface area contributed by atoms with Crippen molar-refractivity contribution in [3.8, 4) is 0 Å². The third kappa shape index (κ3) is 3.35. The summed E-state index contributed by atoms with van der Waals surface area (Å²) in [7, 11) is 0.